The van der Waals surface area contributed by atoms with Crippen LogP contribution in [0.5, 0.6) is 0 Å². The van der Waals surface area contributed by atoms with Crippen LogP contribution in [0.1, 0.15) is 52.8 Å². The molecule has 0 bridgehead atoms. The highest BCUT2D eigenvalue weighted by Gasteiger charge is 2.32. The summed E-state index contributed by atoms with van der Waals surface area (Å²) < 4.78 is 12.0. The topological polar surface area (TPSA) is 111 Å². The van der Waals surface area contributed by atoms with Gasteiger partial charge in [-0.15, -0.1) is 0 Å². The van der Waals surface area contributed by atoms with E-state index in [1.54, 1.807) is 38.1 Å². The second-order valence-electron chi connectivity index (χ2n) is 10.5. The number of anilines is 2. The predicted molar refractivity (Wildman–Crippen MR) is 131 cm³/mol. The summed E-state index contributed by atoms with van der Waals surface area (Å²) in [6, 6.07) is 7.58. The van der Waals surface area contributed by atoms with E-state index in [0.717, 1.165) is 22.4 Å². The Bertz CT molecular complexity index is 1290. The third-order valence-electron chi connectivity index (χ3n) is 5.06. The zero-order chi connectivity index (χ0) is 26.3. The molecule has 1 N–H and O–H groups in total. The lowest BCUT2D eigenvalue weighted by Crippen LogP contribution is -2.33. The molecule has 10 nitrogen and oxygen atoms in total. The Balaban J connectivity index is 1.48. The Morgan fingerprint density at radius 2 is 1.56 bits per heavy atom. The zero-order valence-electron chi connectivity index (χ0n) is 21.2. The fourth-order valence-corrected chi connectivity index (χ4v) is 3.76. The van der Waals surface area contributed by atoms with Crippen molar-refractivity contribution in [3.05, 3.63) is 53.2 Å². The lowest BCUT2D eigenvalue weighted by molar-refractivity contribution is -0.304. The molecule has 3 heterocycles. The van der Waals surface area contributed by atoms with E-state index in [-0.39, 0.29) is 5.28 Å². The highest BCUT2D eigenvalue weighted by molar-refractivity contribution is 5.74. The van der Waals surface area contributed by atoms with Crippen LogP contribution in [-0.2, 0) is 22.6 Å². The monoisotopic (exact) mass is 513 g/mol. The molecule has 36 heavy (non-hydrogen) atoms. The maximum atomic E-state index is 12.5. The number of fused-ring (bicyclic) bond motifs is 1. The molecule has 0 saturated heterocycles. The minimum Gasteiger partial charge on any atom is -0.444 e. The summed E-state index contributed by atoms with van der Waals surface area (Å²) in [4.78, 5) is 35.1. The van der Waals surface area contributed by atoms with Gasteiger partial charge in [0, 0.05) is 23.0 Å². The maximum absolute atomic E-state index is 12.5. The largest absolute Gasteiger partial charge is 0.444 e. The van der Waals surface area contributed by atoms with Crippen LogP contribution >= 0.6 is 0 Å². The zero-order valence-corrected chi connectivity index (χ0v) is 22.0. The van der Waals surface area contributed by atoms with Gasteiger partial charge in [0.05, 0.1) is 25.0 Å². The van der Waals surface area contributed by atoms with Gasteiger partial charge in [-0.3, -0.25) is 4.90 Å². The highest BCUT2D eigenvalue weighted by Crippen LogP contribution is 2.31. The van der Waals surface area contributed by atoms with E-state index in [1.807, 2.05) is 45.0 Å². The van der Waals surface area contributed by atoms with Gasteiger partial charge in [0.1, 0.15) is 17.0 Å². The molecule has 0 aliphatic carbocycles. The summed E-state index contributed by atoms with van der Waals surface area (Å²) in [5, 5.41) is 7.61. The van der Waals surface area contributed by atoms with Gasteiger partial charge in [-0.05, 0) is 59.2 Å². The van der Waals surface area contributed by atoms with Crippen molar-refractivity contribution in [2.75, 3.05) is 5.32 Å². The average molecular weight is 514 g/mol. The number of rotatable bonds is 3. The number of carbonyl (C=O) groups excluding carboxylic acids is 2. The highest BCUT2D eigenvalue weighted by atomic mass is 35.5. The summed E-state index contributed by atoms with van der Waals surface area (Å²) in [5.74, 6) is 0.557. The van der Waals surface area contributed by atoms with Crippen molar-refractivity contribution < 1.29 is 30.7 Å². The van der Waals surface area contributed by atoms with Crippen LogP contribution in [-0.4, -0.2) is 48.0 Å². The van der Waals surface area contributed by atoms with Gasteiger partial charge < -0.3 is 14.8 Å². The first-order valence-corrected chi connectivity index (χ1v) is 11.9. The van der Waals surface area contributed by atoms with E-state index >= 15 is 0 Å². The van der Waals surface area contributed by atoms with Gasteiger partial charge in [-0.2, -0.15) is 19.7 Å². The van der Waals surface area contributed by atoms with Crippen LogP contribution in [0, 0.1) is 11.6 Å². The normalized spacial score (nSPS) is 13.4. The van der Waals surface area contributed by atoms with Gasteiger partial charge in [-0.1, -0.05) is 12.1 Å². The Morgan fingerprint density at radius 3 is 2.19 bits per heavy atom. The summed E-state index contributed by atoms with van der Waals surface area (Å²) in [6.45, 7) is 11.5. The van der Waals surface area contributed by atoms with E-state index in [9.17, 15) is 9.59 Å². The molecule has 0 radical (unpaired) electrons. The van der Waals surface area contributed by atoms with Gasteiger partial charge in [0.25, 0.3) is 0 Å². The molecule has 2 aromatic heterocycles. The Hall–Kier alpha value is -3.66. The van der Waals surface area contributed by atoms with Crippen molar-refractivity contribution in [2.45, 2.75) is 65.8 Å². The van der Waals surface area contributed by atoms with Crippen molar-refractivity contribution >= 4 is 23.7 Å². The fourth-order valence-electron chi connectivity index (χ4n) is 3.55. The van der Waals surface area contributed by atoms with Crippen LogP contribution < -0.4 is 5.32 Å². The minimum absolute atomic E-state index is 0.202. The van der Waals surface area contributed by atoms with Gasteiger partial charge in [0.15, 0.2) is 11.6 Å². The maximum Gasteiger partial charge on any atom is 0.435 e. The molecule has 1 aromatic carbocycles. The lowest BCUT2D eigenvalue weighted by Gasteiger charge is -2.24. The molecule has 190 valence electrons. The molecule has 0 unspecified atom stereocenters. The number of nitrogens with one attached hydrogen (secondary N) is 1. The third kappa shape index (κ3) is 6.12. The van der Waals surface area contributed by atoms with Crippen molar-refractivity contribution in [2.24, 2.45) is 0 Å². The number of benzene rings is 1. The quantitative estimate of drug-likeness (QED) is 0.496. The molecule has 1 aliphatic heterocycles. The first-order chi connectivity index (χ1) is 16.8. The molecule has 0 spiro atoms. The number of nitrogens with zero attached hydrogens (tertiary/aromatic N) is 5. The molecule has 11 heteroatoms. The SMILES string of the molecule is CC(C)(C)OC(=O)N1Cc2nc([ClH+])nc(Nc3ccc(-c4cnn(C(=O)OC(C)(C)C)c4)cc3)c2C1. The van der Waals surface area contributed by atoms with Crippen LogP contribution in [0.15, 0.2) is 36.7 Å². The first-order valence-electron chi connectivity index (χ1n) is 11.5. The van der Waals surface area contributed by atoms with Crippen LogP contribution in [0.2, 0.25) is 5.28 Å². The molecule has 1 aliphatic rings. The number of hydrogen-bond donors (Lipinski definition) is 1. The Kier molecular flexibility index (Phi) is 6.66. The molecule has 0 atom stereocenters. The summed E-state index contributed by atoms with van der Waals surface area (Å²) >= 11 is 5.25. The second kappa shape index (κ2) is 9.42. The van der Waals surface area contributed by atoms with E-state index in [1.165, 1.54) is 4.68 Å². The number of aromatic nitrogens is 4. The number of carbonyl (C=O) groups is 2. The van der Waals surface area contributed by atoms with Crippen molar-refractivity contribution in [3.8, 4) is 11.1 Å². The smallest absolute Gasteiger partial charge is 0.435 e. The summed E-state index contributed by atoms with van der Waals surface area (Å²) in [6.07, 6.45) is 2.29. The van der Waals surface area contributed by atoms with Crippen LogP contribution in [0.4, 0.5) is 21.1 Å². The molecule has 3 aromatic rings. The number of ether oxygens (including phenoxy) is 2. The minimum atomic E-state index is -0.605. The molecule has 4 rings (SSSR count). The molecular formula is C25H30ClN6O4+. The van der Waals surface area contributed by atoms with Gasteiger partial charge in [0.2, 0.25) is 0 Å². The summed E-state index contributed by atoms with van der Waals surface area (Å²) in [7, 11) is 0. The number of halogens is 1. The van der Waals surface area contributed by atoms with Gasteiger partial charge in [-0.25, -0.2) is 9.59 Å². The predicted octanol–water partition coefficient (Wildman–Crippen LogP) is 4.81. The van der Waals surface area contributed by atoms with Crippen molar-refractivity contribution in [3.63, 3.8) is 0 Å². The van der Waals surface area contributed by atoms with Crippen molar-refractivity contribution in [1.29, 1.82) is 0 Å². The first kappa shape index (κ1) is 25.4. The summed E-state index contributed by atoms with van der Waals surface area (Å²) in [5.41, 5.74) is 2.75. The molecule has 0 fully saturated rings. The Morgan fingerprint density at radius 1 is 0.917 bits per heavy atom. The number of amides is 1. The fraction of sp³-hybridized carbons (Fsp3) is 0.400. The van der Waals surface area contributed by atoms with E-state index in [2.05, 4.69) is 20.4 Å². The second-order valence-corrected chi connectivity index (χ2v) is 10.8. The Labute approximate surface area is 214 Å². The van der Waals surface area contributed by atoms with Crippen LogP contribution in [0.3, 0.4) is 0 Å². The van der Waals surface area contributed by atoms with Crippen molar-refractivity contribution in [1.82, 2.24) is 24.6 Å². The van der Waals surface area contributed by atoms with E-state index in [0.29, 0.717) is 24.6 Å². The standard InChI is InChI=1S/C25H30ClN6O4/c1-24(2,3)35-22(33)31-13-18-19(14-31)29-21(26)30-20(18)28-17-9-7-15(8-10-17)16-11-27-32(12-16)23(34)36-25(4,5)6/h7-12,26H,13-14H2,1-6H3,(H,28,29,30)/q+1. The van der Waals surface area contributed by atoms with Gasteiger partial charge >= 0.3 is 17.5 Å². The lowest BCUT2D eigenvalue weighted by atomic mass is 10.1. The average Bonchev–Trinajstić information content (AvgIpc) is 3.39. The number of hydrogen-bond acceptors (Lipinski definition) is 8. The van der Waals surface area contributed by atoms with Crippen LogP contribution in [0.25, 0.3) is 11.1 Å². The molecular weight excluding hydrogens is 484 g/mol. The molecule has 0 saturated carbocycles. The third-order valence-corrected chi connectivity index (χ3v) is 5.24. The molecule has 1 amide bonds. The van der Waals surface area contributed by atoms with E-state index in [4.69, 9.17) is 21.1 Å². The van der Waals surface area contributed by atoms with E-state index < -0.39 is 23.4 Å².